The first-order valence-corrected chi connectivity index (χ1v) is 5.03. The molecule has 1 unspecified atom stereocenters. The molecule has 1 aromatic heterocycles. The molecule has 1 amide bonds. The first-order valence-electron chi connectivity index (χ1n) is 5.03. The summed E-state index contributed by atoms with van der Waals surface area (Å²) in [5, 5.41) is 11.9. The van der Waals surface area contributed by atoms with Crippen molar-refractivity contribution in [2.75, 3.05) is 6.54 Å². The smallest absolute Gasteiger partial charge is 0.332 e. The predicted molar refractivity (Wildman–Crippen MR) is 54.2 cm³/mol. The third kappa shape index (κ3) is 1.81. The van der Waals surface area contributed by atoms with Gasteiger partial charge in [-0.05, 0) is 12.8 Å². The molecular weight excluding hydrogens is 233 g/mol. The van der Waals surface area contributed by atoms with E-state index in [1.54, 1.807) is 4.98 Å². The Labute approximate surface area is 93.9 Å². The van der Waals surface area contributed by atoms with E-state index in [-0.39, 0.29) is 0 Å². The normalized spacial score (nSPS) is 20.1. The number of nitrogens with zero attached hydrogens (tertiary/aromatic N) is 1. The maximum Gasteiger partial charge on any atom is 0.332 e. The molecule has 0 bridgehead atoms. The summed E-state index contributed by atoms with van der Waals surface area (Å²) in [6, 6.07) is -0.998. The van der Waals surface area contributed by atoms with Gasteiger partial charge in [0.25, 0.3) is 5.56 Å². The van der Waals surface area contributed by atoms with Crippen LogP contribution >= 0.6 is 0 Å². The average Bonchev–Trinajstić information content (AvgIpc) is 2.29. The van der Waals surface area contributed by atoms with Crippen LogP contribution in [0, 0.1) is 5.82 Å². The number of halogens is 1. The number of rotatable bonds is 1. The van der Waals surface area contributed by atoms with E-state index in [0.29, 0.717) is 24.0 Å². The standard InChI is InChI=1S/C9H10FN3O4/c10-5-7(15)12-9(17)13(8(5)16)4-2-1-3-11-6(4)14/h4,16H,1-3H2,(H,11,14)(H,12,15,17). The van der Waals surface area contributed by atoms with Gasteiger partial charge in [0.05, 0.1) is 0 Å². The Morgan fingerprint density at radius 2 is 2.06 bits per heavy atom. The summed E-state index contributed by atoms with van der Waals surface area (Å²) in [6.07, 6.45) is 0.897. The number of H-pyrrole nitrogens is 1. The molecule has 0 radical (unpaired) electrons. The Balaban J connectivity index is 2.59. The molecule has 0 aromatic carbocycles. The van der Waals surface area contributed by atoms with Crippen LogP contribution in [0.25, 0.3) is 0 Å². The fourth-order valence-electron chi connectivity index (χ4n) is 1.81. The van der Waals surface area contributed by atoms with Crippen LogP contribution < -0.4 is 16.6 Å². The predicted octanol–water partition coefficient (Wildman–Crippen LogP) is -1.17. The van der Waals surface area contributed by atoms with Gasteiger partial charge in [-0.2, -0.15) is 4.39 Å². The zero-order chi connectivity index (χ0) is 12.6. The number of aromatic amines is 1. The zero-order valence-electron chi connectivity index (χ0n) is 8.70. The van der Waals surface area contributed by atoms with Gasteiger partial charge in [-0.25, -0.2) is 9.36 Å². The monoisotopic (exact) mass is 243 g/mol. The highest BCUT2D eigenvalue weighted by Gasteiger charge is 2.28. The van der Waals surface area contributed by atoms with Crippen molar-refractivity contribution in [1.82, 2.24) is 14.9 Å². The van der Waals surface area contributed by atoms with Gasteiger partial charge in [0.15, 0.2) is 0 Å². The Bertz CT molecular complexity index is 577. The quantitative estimate of drug-likeness (QED) is 0.578. The van der Waals surface area contributed by atoms with Crippen LogP contribution in [-0.2, 0) is 4.79 Å². The van der Waals surface area contributed by atoms with Crippen LogP contribution in [0.2, 0.25) is 0 Å². The third-order valence-corrected chi connectivity index (χ3v) is 2.63. The number of hydrogen-bond donors (Lipinski definition) is 3. The number of carbonyl (C=O) groups is 1. The van der Waals surface area contributed by atoms with Gasteiger partial charge < -0.3 is 10.4 Å². The van der Waals surface area contributed by atoms with E-state index in [1.165, 1.54) is 0 Å². The minimum absolute atomic E-state index is 0.296. The summed E-state index contributed by atoms with van der Waals surface area (Å²) in [7, 11) is 0. The SMILES string of the molecule is O=C1NCCCC1n1c(O)c(F)c(=O)[nH]c1=O. The van der Waals surface area contributed by atoms with E-state index in [4.69, 9.17) is 0 Å². The van der Waals surface area contributed by atoms with Crippen molar-refractivity contribution in [2.24, 2.45) is 0 Å². The number of aromatic hydroxyl groups is 1. The fourth-order valence-corrected chi connectivity index (χ4v) is 1.81. The van der Waals surface area contributed by atoms with E-state index >= 15 is 0 Å². The summed E-state index contributed by atoms with van der Waals surface area (Å²) in [5.74, 6) is -3.07. The van der Waals surface area contributed by atoms with Crippen LogP contribution in [0.3, 0.4) is 0 Å². The Morgan fingerprint density at radius 1 is 1.35 bits per heavy atom. The van der Waals surface area contributed by atoms with E-state index in [9.17, 15) is 23.9 Å². The molecule has 2 heterocycles. The highest BCUT2D eigenvalue weighted by molar-refractivity contribution is 5.81. The van der Waals surface area contributed by atoms with Crippen LogP contribution in [0.15, 0.2) is 9.59 Å². The molecule has 7 nitrogen and oxygen atoms in total. The summed E-state index contributed by atoms with van der Waals surface area (Å²) in [5.41, 5.74) is -2.31. The largest absolute Gasteiger partial charge is 0.492 e. The summed E-state index contributed by atoms with van der Waals surface area (Å²) >= 11 is 0. The molecule has 1 atom stereocenters. The minimum Gasteiger partial charge on any atom is -0.492 e. The van der Waals surface area contributed by atoms with Gasteiger partial charge in [0.2, 0.25) is 17.6 Å². The second-order valence-electron chi connectivity index (χ2n) is 3.72. The first kappa shape index (κ1) is 11.4. The van der Waals surface area contributed by atoms with Crippen LogP contribution in [-0.4, -0.2) is 27.1 Å². The fraction of sp³-hybridized carbons (Fsp3) is 0.444. The maximum absolute atomic E-state index is 13.2. The van der Waals surface area contributed by atoms with E-state index in [0.717, 1.165) is 0 Å². The van der Waals surface area contributed by atoms with Gasteiger partial charge in [-0.15, -0.1) is 0 Å². The van der Waals surface area contributed by atoms with E-state index in [1.807, 2.05) is 0 Å². The van der Waals surface area contributed by atoms with Crippen molar-refractivity contribution in [3.05, 3.63) is 26.7 Å². The highest BCUT2D eigenvalue weighted by atomic mass is 19.1. The summed E-state index contributed by atoms with van der Waals surface area (Å²) in [4.78, 5) is 35.5. The molecule has 92 valence electrons. The van der Waals surface area contributed by atoms with Crippen molar-refractivity contribution >= 4 is 5.91 Å². The molecule has 1 aliphatic heterocycles. The maximum atomic E-state index is 13.2. The number of amides is 1. The van der Waals surface area contributed by atoms with Crippen molar-refractivity contribution in [3.8, 4) is 5.88 Å². The van der Waals surface area contributed by atoms with Gasteiger partial charge in [-0.3, -0.25) is 14.6 Å². The van der Waals surface area contributed by atoms with Gasteiger partial charge in [0.1, 0.15) is 6.04 Å². The molecule has 1 fully saturated rings. The van der Waals surface area contributed by atoms with Crippen LogP contribution in [0.5, 0.6) is 5.88 Å². The molecule has 1 saturated heterocycles. The van der Waals surface area contributed by atoms with Crippen molar-refractivity contribution in [1.29, 1.82) is 0 Å². The number of piperidine rings is 1. The average molecular weight is 243 g/mol. The second-order valence-corrected chi connectivity index (χ2v) is 3.72. The second kappa shape index (κ2) is 4.04. The molecule has 0 saturated carbocycles. The molecule has 17 heavy (non-hydrogen) atoms. The van der Waals surface area contributed by atoms with Gasteiger partial charge in [-0.1, -0.05) is 0 Å². The van der Waals surface area contributed by atoms with Gasteiger partial charge in [0, 0.05) is 6.54 Å². The Morgan fingerprint density at radius 3 is 2.71 bits per heavy atom. The zero-order valence-corrected chi connectivity index (χ0v) is 8.70. The molecular formula is C9H10FN3O4. The number of hydrogen-bond acceptors (Lipinski definition) is 4. The molecule has 2 rings (SSSR count). The van der Waals surface area contributed by atoms with Crippen molar-refractivity contribution < 1.29 is 14.3 Å². The van der Waals surface area contributed by atoms with E-state index in [2.05, 4.69) is 5.32 Å². The minimum atomic E-state index is -1.47. The summed E-state index contributed by atoms with van der Waals surface area (Å²) < 4.78 is 13.7. The molecule has 3 N–H and O–H groups in total. The lowest BCUT2D eigenvalue weighted by Gasteiger charge is -2.23. The van der Waals surface area contributed by atoms with Crippen molar-refractivity contribution in [2.45, 2.75) is 18.9 Å². The molecule has 1 aromatic rings. The van der Waals surface area contributed by atoms with E-state index < -0.39 is 34.9 Å². The molecule has 0 aliphatic carbocycles. The molecule has 0 spiro atoms. The third-order valence-electron chi connectivity index (χ3n) is 2.63. The Hall–Kier alpha value is -2.12. The highest BCUT2D eigenvalue weighted by Crippen LogP contribution is 2.21. The van der Waals surface area contributed by atoms with Gasteiger partial charge >= 0.3 is 5.69 Å². The molecule has 8 heteroatoms. The molecule has 1 aliphatic rings. The number of nitrogens with one attached hydrogen (secondary N) is 2. The topological polar surface area (TPSA) is 104 Å². The summed E-state index contributed by atoms with van der Waals surface area (Å²) in [6.45, 7) is 0.469. The number of aromatic nitrogens is 2. The Kier molecular flexibility index (Phi) is 2.70. The van der Waals surface area contributed by atoms with Crippen molar-refractivity contribution in [3.63, 3.8) is 0 Å². The van der Waals surface area contributed by atoms with Crippen LogP contribution in [0.1, 0.15) is 18.9 Å². The number of carbonyl (C=O) groups excluding carboxylic acids is 1. The lowest BCUT2D eigenvalue weighted by molar-refractivity contribution is -0.126. The lowest BCUT2D eigenvalue weighted by atomic mass is 10.1. The first-order chi connectivity index (χ1) is 8.02. The van der Waals surface area contributed by atoms with Crippen LogP contribution in [0.4, 0.5) is 4.39 Å². The lowest BCUT2D eigenvalue weighted by Crippen LogP contribution is -2.43.